The summed E-state index contributed by atoms with van der Waals surface area (Å²) in [5.41, 5.74) is 10.8. The number of nitrogens with zero attached hydrogens (tertiary/aromatic N) is 2. The number of aryl methyl sites for hydroxylation is 1. The van der Waals surface area contributed by atoms with Gasteiger partial charge in [-0.3, -0.25) is 0 Å². The maximum Gasteiger partial charge on any atom is 0.160 e. The summed E-state index contributed by atoms with van der Waals surface area (Å²) in [4.78, 5) is 0. The molecule has 0 spiro atoms. The van der Waals surface area contributed by atoms with E-state index < -0.39 is 0 Å². The molecule has 3 rings (SSSR count). The van der Waals surface area contributed by atoms with E-state index in [1.54, 1.807) is 6.07 Å². The minimum atomic E-state index is 0.560. The van der Waals surface area contributed by atoms with E-state index >= 15 is 0 Å². The standard InChI is InChI=1S/C15H16N4O/c1-2-3-10-4-6-11(7-5-10)17-13-9-8-12(16)14-15(13)19-20-18-14/h4-9,17H,2-3,16H2,1H3. The van der Waals surface area contributed by atoms with Crippen molar-refractivity contribution in [3.8, 4) is 0 Å². The van der Waals surface area contributed by atoms with E-state index in [1.165, 1.54) is 5.56 Å². The molecule has 3 N–H and O–H groups in total. The first-order chi connectivity index (χ1) is 9.78. The molecule has 20 heavy (non-hydrogen) atoms. The normalized spacial score (nSPS) is 10.8. The van der Waals surface area contributed by atoms with Gasteiger partial charge < -0.3 is 11.1 Å². The molecule has 0 amide bonds. The average Bonchev–Trinajstić information content (AvgIpc) is 2.95. The van der Waals surface area contributed by atoms with Gasteiger partial charge in [0, 0.05) is 5.69 Å². The lowest BCUT2D eigenvalue weighted by Crippen LogP contribution is -1.94. The smallest absolute Gasteiger partial charge is 0.160 e. The first kappa shape index (κ1) is 12.5. The predicted molar refractivity (Wildman–Crippen MR) is 79.9 cm³/mol. The van der Waals surface area contributed by atoms with Gasteiger partial charge in [0.15, 0.2) is 11.0 Å². The number of fused-ring (bicyclic) bond motifs is 1. The predicted octanol–water partition coefficient (Wildman–Crippen LogP) is 3.50. The van der Waals surface area contributed by atoms with Gasteiger partial charge in [0.05, 0.1) is 11.4 Å². The second-order valence-electron chi connectivity index (χ2n) is 4.74. The molecule has 102 valence electrons. The lowest BCUT2D eigenvalue weighted by molar-refractivity contribution is 0.316. The van der Waals surface area contributed by atoms with Crippen LogP contribution in [0.1, 0.15) is 18.9 Å². The molecule has 1 heterocycles. The number of rotatable bonds is 4. The molecule has 0 saturated heterocycles. The Hall–Kier alpha value is -2.56. The first-order valence-electron chi connectivity index (χ1n) is 6.64. The number of hydrogen-bond acceptors (Lipinski definition) is 5. The van der Waals surface area contributed by atoms with E-state index in [-0.39, 0.29) is 0 Å². The molecule has 3 aromatic rings. The summed E-state index contributed by atoms with van der Waals surface area (Å²) >= 11 is 0. The lowest BCUT2D eigenvalue weighted by Gasteiger charge is -2.08. The van der Waals surface area contributed by atoms with Crippen LogP contribution in [-0.4, -0.2) is 10.3 Å². The van der Waals surface area contributed by atoms with Crippen molar-refractivity contribution in [1.29, 1.82) is 0 Å². The molecular weight excluding hydrogens is 252 g/mol. The zero-order valence-electron chi connectivity index (χ0n) is 11.3. The fourth-order valence-electron chi connectivity index (χ4n) is 2.19. The highest BCUT2D eigenvalue weighted by atomic mass is 16.6. The van der Waals surface area contributed by atoms with Gasteiger partial charge in [0.2, 0.25) is 0 Å². The van der Waals surface area contributed by atoms with Gasteiger partial charge in [-0.05, 0) is 46.6 Å². The van der Waals surface area contributed by atoms with Gasteiger partial charge in [0.25, 0.3) is 0 Å². The van der Waals surface area contributed by atoms with Crippen molar-refractivity contribution < 1.29 is 4.63 Å². The van der Waals surface area contributed by atoms with Crippen molar-refractivity contribution >= 4 is 28.1 Å². The number of aromatic nitrogens is 2. The van der Waals surface area contributed by atoms with Crippen molar-refractivity contribution in [1.82, 2.24) is 10.3 Å². The molecular formula is C15H16N4O. The number of hydrogen-bond donors (Lipinski definition) is 2. The molecule has 0 bridgehead atoms. The van der Waals surface area contributed by atoms with Crippen LogP contribution in [0.3, 0.4) is 0 Å². The molecule has 5 nitrogen and oxygen atoms in total. The van der Waals surface area contributed by atoms with Gasteiger partial charge in [0.1, 0.15) is 0 Å². The summed E-state index contributed by atoms with van der Waals surface area (Å²) in [6.07, 6.45) is 2.25. The first-order valence-corrected chi connectivity index (χ1v) is 6.64. The Morgan fingerprint density at radius 3 is 2.55 bits per heavy atom. The zero-order valence-corrected chi connectivity index (χ0v) is 11.3. The molecule has 0 aliphatic heterocycles. The highest BCUT2D eigenvalue weighted by molar-refractivity contribution is 5.96. The third-order valence-corrected chi connectivity index (χ3v) is 3.22. The quantitative estimate of drug-likeness (QED) is 0.708. The fraction of sp³-hybridized carbons (Fsp3) is 0.200. The molecule has 5 heteroatoms. The molecule has 0 atom stereocenters. The Labute approximate surface area is 116 Å². The largest absolute Gasteiger partial charge is 0.397 e. The van der Waals surface area contributed by atoms with Crippen molar-refractivity contribution in [2.75, 3.05) is 11.1 Å². The molecule has 0 radical (unpaired) electrons. The number of nitrogen functional groups attached to an aromatic ring is 1. The third kappa shape index (κ3) is 2.30. The number of nitrogens with one attached hydrogen (secondary N) is 1. The Kier molecular flexibility index (Phi) is 3.25. The van der Waals surface area contributed by atoms with Crippen LogP contribution in [-0.2, 0) is 6.42 Å². The topological polar surface area (TPSA) is 77.0 Å². The van der Waals surface area contributed by atoms with Gasteiger partial charge in [-0.15, -0.1) is 0 Å². The van der Waals surface area contributed by atoms with Gasteiger partial charge in [-0.1, -0.05) is 25.5 Å². The monoisotopic (exact) mass is 268 g/mol. The van der Waals surface area contributed by atoms with E-state index in [9.17, 15) is 0 Å². The Bertz CT molecular complexity index is 718. The third-order valence-electron chi connectivity index (χ3n) is 3.22. The van der Waals surface area contributed by atoms with Crippen LogP contribution in [0.2, 0.25) is 0 Å². The van der Waals surface area contributed by atoms with Crippen LogP contribution < -0.4 is 11.1 Å². The number of benzene rings is 2. The molecule has 0 saturated carbocycles. The number of nitrogens with two attached hydrogens (primary N) is 1. The summed E-state index contributed by atoms with van der Waals surface area (Å²) in [6, 6.07) is 12.0. The van der Waals surface area contributed by atoms with Crippen molar-refractivity contribution in [3.63, 3.8) is 0 Å². The van der Waals surface area contributed by atoms with Crippen molar-refractivity contribution in [2.45, 2.75) is 19.8 Å². The lowest BCUT2D eigenvalue weighted by atomic mass is 10.1. The van der Waals surface area contributed by atoms with E-state index in [4.69, 9.17) is 10.4 Å². The van der Waals surface area contributed by atoms with E-state index in [0.717, 1.165) is 24.2 Å². The van der Waals surface area contributed by atoms with Crippen LogP contribution >= 0.6 is 0 Å². The maximum atomic E-state index is 5.83. The van der Waals surface area contributed by atoms with Crippen LogP contribution in [0, 0.1) is 0 Å². The molecule has 0 unspecified atom stereocenters. The summed E-state index contributed by atoms with van der Waals surface area (Å²) < 4.78 is 4.76. The van der Waals surface area contributed by atoms with E-state index in [2.05, 4.69) is 46.8 Å². The summed E-state index contributed by atoms with van der Waals surface area (Å²) in [5, 5.41) is 11.0. The summed E-state index contributed by atoms with van der Waals surface area (Å²) in [6.45, 7) is 2.18. The summed E-state index contributed by atoms with van der Waals surface area (Å²) in [7, 11) is 0. The Morgan fingerprint density at radius 2 is 1.80 bits per heavy atom. The van der Waals surface area contributed by atoms with Crippen LogP contribution in [0.4, 0.5) is 17.1 Å². The molecule has 0 aliphatic rings. The van der Waals surface area contributed by atoms with Gasteiger partial charge >= 0.3 is 0 Å². The molecule has 0 fully saturated rings. The minimum absolute atomic E-state index is 0.560. The van der Waals surface area contributed by atoms with Crippen molar-refractivity contribution in [2.24, 2.45) is 0 Å². The SMILES string of the molecule is CCCc1ccc(Nc2ccc(N)c3nonc23)cc1. The maximum absolute atomic E-state index is 5.83. The van der Waals surface area contributed by atoms with E-state index in [1.807, 2.05) is 6.07 Å². The van der Waals surface area contributed by atoms with Crippen molar-refractivity contribution in [3.05, 3.63) is 42.0 Å². The molecule has 2 aromatic carbocycles. The Balaban J connectivity index is 1.89. The molecule has 1 aromatic heterocycles. The minimum Gasteiger partial charge on any atom is -0.397 e. The average molecular weight is 268 g/mol. The van der Waals surface area contributed by atoms with E-state index in [0.29, 0.717) is 16.7 Å². The van der Waals surface area contributed by atoms with Crippen LogP contribution in [0.15, 0.2) is 41.0 Å². The number of anilines is 3. The zero-order chi connectivity index (χ0) is 13.9. The Morgan fingerprint density at radius 1 is 1.05 bits per heavy atom. The second-order valence-corrected chi connectivity index (χ2v) is 4.74. The van der Waals surface area contributed by atoms with Crippen LogP contribution in [0.5, 0.6) is 0 Å². The second kappa shape index (κ2) is 5.21. The van der Waals surface area contributed by atoms with Gasteiger partial charge in [-0.2, -0.15) is 0 Å². The highest BCUT2D eigenvalue weighted by Crippen LogP contribution is 2.27. The van der Waals surface area contributed by atoms with Crippen LogP contribution in [0.25, 0.3) is 11.0 Å². The highest BCUT2D eigenvalue weighted by Gasteiger charge is 2.09. The summed E-state index contributed by atoms with van der Waals surface area (Å²) in [5.74, 6) is 0. The fourth-order valence-corrected chi connectivity index (χ4v) is 2.19. The van der Waals surface area contributed by atoms with Gasteiger partial charge in [-0.25, -0.2) is 4.63 Å². The molecule has 0 aliphatic carbocycles.